The van der Waals surface area contributed by atoms with Crippen LogP contribution < -0.4 is 5.32 Å². The van der Waals surface area contributed by atoms with Gasteiger partial charge >= 0.3 is 6.09 Å². The topological polar surface area (TPSA) is 51.2 Å². The first-order chi connectivity index (χ1) is 16.5. The Bertz CT molecular complexity index is 954. The van der Waals surface area contributed by atoms with Gasteiger partial charge in [-0.15, -0.1) is 0 Å². The number of alkyl carbamates (subject to hydrolysis) is 1. The van der Waals surface area contributed by atoms with Crippen molar-refractivity contribution in [3.05, 3.63) is 47.8 Å². The third-order valence-corrected chi connectivity index (χ3v) is 9.94. The van der Waals surface area contributed by atoms with Crippen LogP contribution in [0.5, 0.6) is 0 Å². The molecule has 6 unspecified atom stereocenters. The number of unbranched alkanes of at least 4 members (excludes halogenated alkanes) is 2. The number of hydrogen-bond donors (Lipinski definition) is 1. The number of nitrogens with zero attached hydrogens (tertiary/aromatic N) is 1. The molecule has 0 radical (unpaired) electrons. The number of amides is 1. The number of hydrogen-bond acceptors (Lipinski definition) is 3. The highest BCUT2D eigenvalue weighted by atomic mass is 16.6. The second kappa shape index (κ2) is 9.51. The van der Waals surface area contributed by atoms with Crippen molar-refractivity contribution in [2.24, 2.45) is 28.6 Å². The van der Waals surface area contributed by atoms with E-state index in [0.29, 0.717) is 0 Å². The van der Waals surface area contributed by atoms with Crippen molar-refractivity contribution in [3.8, 4) is 0 Å². The fourth-order valence-electron chi connectivity index (χ4n) is 8.02. The van der Waals surface area contributed by atoms with E-state index in [0.717, 1.165) is 62.8 Å². The van der Waals surface area contributed by atoms with E-state index in [2.05, 4.69) is 55.4 Å². The summed E-state index contributed by atoms with van der Waals surface area (Å²) < 4.78 is 5.84. The maximum atomic E-state index is 12.3. The Labute approximate surface area is 205 Å². The standard InChI is InChI=1S/C30H42N2O2/c1-4-5-6-18-32-28(33)34-23-13-15-29(2)22(19-23)9-10-24-26-12-11-25(21-8-7-17-31-20-21)30(26,3)16-14-27(24)29/h7-9,11,17,20,23-24,26-27H,4-6,10,12-16,18-19H2,1-3H3,(H,32,33). The number of fused-ring (bicyclic) bond motifs is 5. The van der Waals surface area contributed by atoms with E-state index in [1.807, 2.05) is 12.4 Å². The first-order valence-corrected chi connectivity index (χ1v) is 13.7. The third kappa shape index (κ3) is 4.12. The number of carbonyl (C=O) groups is 1. The number of pyridine rings is 1. The van der Waals surface area contributed by atoms with Crippen LogP contribution in [0.2, 0.25) is 0 Å². The lowest BCUT2D eigenvalue weighted by atomic mass is 9.47. The molecule has 1 heterocycles. The van der Waals surface area contributed by atoms with Gasteiger partial charge in [0.25, 0.3) is 0 Å². The van der Waals surface area contributed by atoms with Crippen LogP contribution >= 0.6 is 0 Å². The summed E-state index contributed by atoms with van der Waals surface area (Å²) in [6.07, 6.45) is 20.1. The summed E-state index contributed by atoms with van der Waals surface area (Å²) in [6, 6.07) is 4.31. The van der Waals surface area contributed by atoms with Gasteiger partial charge in [0.1, 0.15) is 6.10 Å². The molecule has 4 aliphatic rings. The van der Waals surface area contributed by atoms with Crippen molar-refractivity contribution in [2.45, 2.75) is 91.1 Å². The van der Waals surface area contributed by atoms with Crippen LogP contribution in [-0.4, -0.2) is 23.7 Å². The molecule has 0 saturated heterocycles. The lowest BCUT2D eigenvalue weighted by Gasteiger charge is -2.57. The Morgan fingerprint density at radius 1 is 1.12 bits per heavy atom. The summed E-state index contributed by atoms with van der Waals surface area (Å²) >= 11 is 0. The van der Waals surface area contributed by atoms with Gasteiger partial charge in [0.15, 0.2) is 0 Å². The summed E-state index contributed by atoms with van der Waals surface area (Å²) in [5.41, 5.74) is 4.94. The molecule has 0 spiro atoms. The molecule has 2 saturated carbocycles. The van der Waals surface area contributed by atoms with Crippen molar-refractivity contribution < 1.29 is 9.53 Å². The van der Waals surface area contributed by atoms with Crippen molar-refractivity contribution in [2.75, 3.05) is 6.54 Å². The van der Waals surface area contributed by atoms with Crippen LogP contribution in [0.25, 0.3) is 5.57 Å². The fourth-order valence-corrected chi connectivity index (χ4v) is 8.02. The Kier molecular flexibility index (Phi) is 6.61. The number of aromatic nitrogens is 1. The normalized spacial score (nSPS) is 36.4. The second-order valence-electron chi connectivity index (χ2n) is 11.7. The van der Waals surface area contributed by atoms with Crippen LogP contribution in [0, 0.1) is 28.6 Å². The molecule has 4 aliphatic carbocycles. The minimum absolute atomic E-state index is 0.0289. The fraction of sp³-hybridized carbons (Fsp3) is 0.667. The van der Waals surface area contributed by atoms with E-state index in [-0.39, 0.29) is 23.0 Å². The molecule has 0 bridgehead atoms. The molecule has 184 valence electrons. The van der Waals surface area contributed by atoms with E-state index in [1.54, 1.807) is 5.57 Å². The van der Waals surface area contributed by atoms with E-state index in [4.69, 9.17) is 4.74 Å². The number of ether oxygens (including phenoxy) is 1. The number of carbonyl (C=O) groups excluding carboxylic acids is 1. The summed E-state index contributed by atoms with van der Waals surface area (Å²) in [5, 5.41) is 2.95. The third-order valence-electron chi connectivity index (χ3n) is 9.94. The van der Waals surface area contributed by atoms with E-state index >= 15 is 0 Å². The van der Waals surface area contributed by atoms with Crippen LogP contribution in [-0.2, 0) is 4.74 Å². The average Bonchev–Trinajstić information content (AvgIpc) is 3.20. The number of rotatable bonds is 6. The van der Waals surface area contributed by atoms with E-state index in [1.165, 1.54) is 36.8 Å². The lowest BCUT2D eigenvalue weighted by Crippen LogP contribution is -2.50. The smallest absolute Gasteiger partial charge is 0.407 e. The first-order valence-electron chi connectivity index (χ1n) is 13.7. The highest BCUT2D eigenvalue weighted by molar-refractivity contribution is 5.72. The second-order valence-corrected chi connectivity index (χ2v) is 11.7. The summed E-state index contributed by atoms with van der Waals surface area (Å²) in [5.74, 6) is 2.22. The predicted molar refractivity (Wildman–Crippen MR) is 137 cm³/mol. The summed E-state index contributed by atoms with van der Waals surface area (Å²) in [6.45, 7) is 7.93. The molecular formula is C30H42N2O2. The molecular weight excluding hydrogens is 420 g/mol. The summed E-state index contributed by atoms with van der Waals surface area (Å²) in [7, 11) is 0. The minimum Gasteiger partial charge on any atom is -0.446 e. The molecule has 0 aliphatic heterocycles. The van der Waals surface area contributed by atoms with Gasteiger partial charge in [-0.2, -0.15) is 0 Å². The Morgan fingerprint density at radius 3 is 2.76 bits per heavy atom. The van der Waals surface area contributed by atoms with Crippen molar-refractivity contribution in [1.29, 1.82) is 0 Å². The van der Waals surface area contributed by atoms with Gasteiger partial charge in [0, 0.05) is 25.4 Å². The molecule has 4 nitrogen and oxygen atoms in total. The monoisotopic (exact) mass is 462 g/mol. The van der Waals surface area contributed by atoms with Crippen LogP contribution in [0.3, 0.4) is 0 Å². The number of nitrogens with one attached hydrogen (secondary N) is 1. The maximum Gasteiger partial charge on any atom is 0.407 e. The quantitative estimate of drug-likeness (QED) is 0.356. The SMILES string of the molecule is CCCCCNC(=O)OC1CCC2(C)C(=CCC3C2CCC2(C)C(c4cccnc4)=CCC32)C1. The van der Waals surface area contributed by atoms with Gasteiger partial charge in [-0.25, -0.2) is 4.79 Å². The van der Waals surface area contributed by atoms with Crippen LogP contribution in [0.1, 0.15) is 90.5 Å². The Hall–Kier alpha value is -2.10. The molecule has 6 atom stereocenters. The van der Waals surface area contributed by atoms with Crippen molar-refractivity contribution >= 4 is 11.7 Å². The molecule has 5 rings (SSSR count). The van der Waals surface area contributed by atoms with Gasteiger partial charge in [-0.1, -0.05) is 57.4 Å². The van der Waals surface area contributed by atoms with Gasteiger partial charge in [-0.05, 0) is 90.7 Å². The minimum atomic E-state index is -0.229. The molecule has 34 heavy (non-hydrogen) atoms. The highest BCUT2D eigenvalue weighted by Crippen LogP contribution is 2.66. The predicted octanol–water partition coefficient (Wildman–Crippen LogP) is 7.32. The van der Waals surface area contributed by atoms with E-state index in [9.17, 15) is 4.79 Å². The lowest BCUT2D eigenvalue weighted by molar-refractivity contribution is -0.0262. The van der Waals surface area contributed by atoms with Gasteiger partial charge in [-0.3, -0.25) is 4.98 Å². The Morgan fingerprint density at radius 2 is 1.97 bits per heavy atom. The highest BCUT2D eigenvalue weighted by Gasteiger charge is 2.57. The van der Waals surface area contributed by atoms with Gasteiger partial charge < -0.3 is 10.1 Å². The number of allylic oxidation sites excluding steroid dienone is 3. The zero-order chi connectivity index (χ0) is 23.8. The van der Waals surface area contributed by atoms with Crippen molar-refractivity contribution in [1.82, 2.24) is 10.3 Å². The molecule has 1 N–H and O–H groups in total. The van der Waals surface area contributed by atoms with Gasteiger partial charge in [0.05, 0.1) is 0 Å². The molecule has 2 fully saturated rings. The molecule has 1 amide bonds. The van der Waals surface area contributed by atoms with Gasteiger partial charge in [0.2, 0.25) is 0 Å². The van der Waals surface area contributed by atoms with Crippen LogP contribution in [0.4, 0.5) is 4.79 Å². The maximum absolute atomic E-state index is 12.3. The zero-order valence-electron chi connectivity index (χ0n) is 21.3. The Balaban J connectivity index is 1.26. The molecule has 4 heteroatoms. The van der Waals surface area contributed by atoms with E-state index < -0.39 is 0 Å². The average molecular weight is 463 g/mol. The van der Waals surface area contributed by atoms with Crippen molar-refractivity contribution in [3.63, 3.8) is 0 Å². The molecule has 1 aromatic rings. The summed E-state index contributed by atoms with van der Waals surface area (Å²) in [4.78, 5) is 16.7. The molecule has 1 aromatic heterocycles. The van der Waals surface area contributed by atoms with Crippen LogP contribution in [0.15, 0.2) is 42.3 Å². The zero-order valence-corrected chi connectivity index (χ0v) is 21.3. The largest absolute Gasteiger partial charge is 0.446 e. The molecule has 0 aromatic carbocycles. The first kappa shape index (κ1) is 23.6.